The summed E-state index contributed by atoms with van der Waals surface area (Å²) < 4.78 is 0. The zero-order valence-electron chi connectivity index (χ0n) is 11.3. The van der Waals surface area contributed by atoms with Crippen molar-refractivity contribution in [2.75, 3.05) is 26.2 Å². The van der Waals surface area contributed by atoms with Crippen LogP contribution in [-0.4, -0.2) is 53.7 Å². The van der Waals surface area contributed by atoms with Gasteiger partial charge in [0.1, 0.15) is 0 Å². The van der Waals surface area contributed by atoms with Gasteiger partial charge in [-0.3, -0.25) is 14.4 Å². The van der Waals surface area contributed by atoms with Gasteiger partial charge in [-0.25, -0.2) is 0 Å². The zero-order chi connectivity index (χ0) is 14.0. The minimum atomic E-state index is -0.463. The molecular formula is C13H21N3O3. The number of nitrogens with zero attached hydrogens (tertiary/aromatic N) is 2. The van der Waals surface area contributed by atoms with E-state index in [1.54, 1.807) is 9.80 Å². The average Bonchev–Trinajstić information content (AvgIpc) is 3.12. The number of amides is 3. The number of hydrogen-bond donors (Lipinski definition) is 1. The molecule has 1 heterocycles. The Morgan fingerprint density at radius 3 is 2.21 bits per heavy atom. The Bertz CT molecular complexity index is 393. The second-order valence-corrected chi connectivity index (χ2v) is 5.55. The molecule has 0 spiro atoms. The third-order valence-corrected chi connectivity index (χ3v) is 3.88. The lowest BCUT2D eigenvalue weighted by molar-refractivity contribution is -0.133. The normalized spacial score (nSPS) is 23.9. The van der Waals surface area contributed by atoms with Crippen LogP contribution in [0.1, 0.15) is 26.2 Å². The van der Waals surface area contributed by atoms with Gasteiger partial charge < -0.3 is 15.5 Å². The molecule has 2 N–H and O–H groups in total. The molecule has 6 heteroatoms. The number of primary amides is 1. The molecular weight excluding hydrogens is 246 g/mol. The molecule has 0 bridgehead atoms. The van der Waals surface area contributed by atoms with Gasteiger partial charge in [0, 0.05) is 39.5 Å². The first kappa shape index (κ1) is 13.8. The molecule has 1 aliphatic carbocycles. The minimum absolute atomic E-state index is 0.0808. The largest absolute Gasteiger partial charge is 0.369 e. The number of carbonyl (C=O) groups is 3. The van der Waals surface area contributed by atoms with Gasteiger partial charge in [0.05, 0.1) is 5.92 Å². The summed E-state index contributed by atoms with van der Waals surface area (Å²) >= 11 is 0. The van der Waals surface area contributed by atoms with E-state index in [1.807, 2.05) is 0 Å². The minimum Gasteiger partial charge on any atom is -0.369 e. The molecule has 0 aromatic rings. The van der Waals surface area contributed by atoms with Crippen LogP contribution in [0.3, 0.4) is 0 Å². The maximum atomic E-state index is 12.1. The third kappa shape index (κ3) is 3.68. The summed E-state index contributed by atoms with van der Waals surface area (Å²) in [7, 11) is 0. The van der Waals surface area contributed by atoms with Crippen LogP contribution in [0.2, 0.25) is 0 Å². The van der Waals surface area contributed by atoms with Crippen LogP contribution in [-0.2, 0) is 14.4 Å². The highest BCUT2D eigenvalue weighted by Gasteiger charge is 2.32. The first-order valence-corrected chi connectivity index (χ1v) is 6.80. The maximum absolute atomic E-state index is 12.1. The number of nitrogens with two attached hydrogens (primary N) is 1. The van der Waals surface area contributed by atoms with Crippen LogP contribution in [0.4, 0.5) is 0 Å². The molecule has 2 aliphatic rings. The highest BCUT2D eigenvalue weighted by atomic mass is 16.2. The predicted molar refractivity (Wildman–Crippen MR) is 68.9 cm³/mol. The van der Waals surface area contributed by atoms with E-state index >= 15 is 0 Å². The Balaban J connectivity index is 2.02. The van der Waals surface area contributed by atoms with E-state index in [9.17, 15) is 14.4 Å². The Kier molecular flexibility index (Phi) is 4.07. The Labute approximate surface area is 112 Å². The van der Waals surface area contributed by atoms with Gasteiger partial charge in [0.25, 0.3) is 0 Å². The predicted octanol–water partition coefficient (Wildman–Crippen LogP) is -0.421. The van der Waals surface area contributed by atoms with Gasteiger partial charge in [0.2, 0.25) is 17.7 Å². The van der Waals surface area contributed by atoms with E-state index < -0.39 is 11.8 Å². The topological polar surface area (TPSA) is 83.7 Å². The lowest BCUT2D eigenvalue weighted by Crippen LogP contribution is -2.40. The second-order valence-electron chi connectivity index (χ2n) is 5.55. The van der Waals surface area contributed by atoms with Gasteiger partial charge in [-0.1, -0.05) is 0 Å². The summed E-state index contributed by atoms with van der Waals surface area (Å²) in [6, 6.07) is 0. The molecule has 6 nitrogen and oxygen atoms in total. The van der Waals surface area contributed by atoms with E-state index in [0.717, 1.165) is 12.8 Å². The van der Waals surface area contributed by atoms with Crippen LogP contribution >= 0.6 is 0 Å². The molecule has 1 aliphatic heterocycles. The summed E-state index contributed by atoms with van der Waals surface area (Å²) in [4.78, 5) is 38.3. The van der Waals surface area contributed by atoms with Gasteiger partial charge in [-0.15, -0.1) is 0 Å². The Hall–Kier alpha value is -1.59. The Morgan fingerprint density at radius 2 is 1.68 bits per heavy atom. The van der Waals surface area contributed by atoms with Gasteiger partial charge in [-0.05, 0) is 18.8 Å². The molecule has 0 aromatic carbocycles. The van der Waals surface area contributed by atoms with Crippen LogP contribution in [0.5, 0.6) is 0 Å². The molecule has 3 amide bonds. The monoisotopic (exact) mass is 267 g/mol. The molecule has 2 fully saturated rings. The molecule has 0 unspecified atom stereocenters. The van der Waals surface area contributed by atoms with Crippen molar-refractivity contribution >= 4 is 17.7 Å². The number of rotatable bonds is 3. The second kappa shape index (κ2) is 5.59. The molecule has 1 atom stereocenters. The van der Waals surface area contributed by atoms with Gasteiger partial charge >= 0.3 is 0 Å². The molecule has 0 radical (unpaired) electrons. The zero-order valence-corrected chi connectivity index (χ0v) is 11.3. The SMILES string of the molecule is CC(=O)N1CCN(C(=O)CC2CC2)C[C@@H](C(N)=O)C1. The fraction of sp³-hybridized carbons (Fsp3) is 0.769. The van der Waals surface area contributed by atoms with Crippen molar-refractivity contribution in [3.8, 4) is 0 Å². The van der Waals surface area contributed by atoms with E-state index in [0.29, 0.717) is 38.5 Å². The fourth-order valence-electron chi connectivity index (χ4n) is 2.40. The summed E-state index contributed by atoms with van der Waals surface area (Å²) in [5.41, 5.74) is 5.36. The van der Waals surface area contributed by atoms with E-state index in [4.69, 9.17) is 5.73 Å². The smallest absolute Gasteiger partial charge is 0.224 e. The van der Waals surface area contributed by atoms with Crippen molar-refractivity contribution < 1.29 is 14.4 Å². The van der Waals surface area contributed by atoms with Crippen LogP contribution in [0.25, 0.3) is 0 Å². The first-order valence-electron chi connectivity index (χ1n) is 6.80. The summed E-state index contributed by atoms with van der Waals surface area (Å²) in [5, 5.41) is 0. The van der Waals surface area contributed by atoms with Crippen molar-refractivity contribution in [2.45, 2.75) is 26.2 Å². The summed E-state index contributed by atoms with van der Waals surface area (Å²) in [5.74, 6) is -0.388. The summed E-state index contributed by atoms with van der Waals surface area (Å²) in [6.07, 6.45) is 2.81. The van der Waals surface area contributed by atoms with Gasteiger partial charge in [0.15, 0.2) is 0 Å². The van der Waals surface area contributed by atoms with E-state index in [-0.39, 0.29) is 11.8 Å². The quantitative estimate of drug-likeness (QED) is 0.753. The summed E-state index contributed by atoms with van der Waals surface area (Å²) in [6.45, 7) is 3.10. The van der Waals surface area contributed by atoms with Crippen molar-refractivity contribution in [3.63, 3.8) is 0 Å². The lowest BCUT2D eigenvalue weighted by Gasteiger charge is -2.22. The fourth-order valence-corrected chi connectivity index (χ4v) is 2.40. The van der Waals surface area contributed by atoms with Gasteiger partial charge in [-0.2, -0.15) is 0 Å². The van der Waals surface area contributed by atoms with Crippen LogP contribution in [0, 0.1) is 11.8 Å². The molecule has 1 saturated carbocycles. The molecule has 1 saturated heterocycles. The standard InChI is InChI=1S/C13H21N3O3/c1-9(17)15-4-5-16(8-11(7-15)13(14)19)12(18)6-10-2-3-10/h10-11H,2-8H2,1H3,(H2,14,19)/t11-/m0/s1. The van der Waals surface area contributed by atoms with Crippen molar-refractivity contribution in [3.05, 3.63) is 0 Å². The maximum Gasteiger partial charge on any atom is 0.224 e. The Morgan fingerprint density at radius 1 is 1.11 bits per heavy atom. The highest BCUT2D eigenvalue weighted by Crippen LogP contribution is 2.33. The van der Waals surface area contributed by atoms with Crippen LogP contribution < -0.4 is 5.73 Å². The van der Waals surface area contributed by atoms with Crippen molar-refractivity contribution in [1.82, 2.24) is 9.80 Å². The number of carbonyl (C=O) groups excluding carboxylic acids is 3. The van der Waals surface area contributed by atoms with Crippen molar-refractivity contribution in [1.29, 1.82) is 0 Å². The average molecular weight is 267 g/mol. The third-order valence-electron chi connectivity index (χ3n) is 3.88. The molecule has 0 aromatic heterocycles. The lowest BCUT2D eigenvalue weighted by atomic mass is 10.1. The van der Waals surface area contributed by atoms with E-state index in [2.05, 4.69) is 0 Å². The van der Waals surface area contributed by atoms with E-state index in [1.165, 1.54) is 6.92 Å². The number of hydrogen-bond acceptors (Lipinski definition) is 3. The molecule has 19 heavy (non-hydrogen) atoms. The molecule has 106 valence electrons. The highest BCUT2D eigenvalue weighted by molar-refractivity contribution is 5.81. The van der Waals surface area contributed by atoms with Crippen molar-refractivity contribution in [2.24, 2.45) is 17.6 Å². The molecule has 2 rings (SSSR count). The van der Waals surface area contributed by atoms with Crippen LogP contribution in [0.15, 0.2) is 0 Å². The first-order chi connectivity index (χ1) is 8.97.